The Bertz CT molecular complexity index is 485. The van der Waals surface area contributed by atoms with Gasteiger partial charge in [0, 0.05) is 5.54 Å². The fourth-order valence-electron chi connectivity index (χ4n) is 1.16. The van der Waals surface area contributed by atoms with Crippen LogP contribution >= 0.6 is 23.1 Å². The van der Waals surface area contributed by atoms with Crippen molar-refractivity contribution in [2.75, 3.05) is 11.9 Å². The van der Waals surface area contributed by atoms with E-state index in [0.29, 0.717) is 9.47 Å². The molecule has 1 unspecified atom stereocenters. The molecule has 10 heteroatoms. The molecule has 1 heterocycles. The van der Waals surface area contributed by atoms with E-state index in [0.717, 1.165) is 11.8 Å². The van der Waals surface area contributed by atoms with Gasteiger partial charge < -0.3 is 10.6 Å². The van der Waals surface area contributed by atoms with Crippen molar-refractivity contribution in [2.45, 2.75) is 49.0 Å². The number of hydrogen-bond acceptors (Lipinski definition) is 6. The molecule has 2 N–H and O–H groups in total. The predicted molar refractivity (Wildman–Crippen MR) is 77.7 cm³/mol. The molecule has 0 bridgehead atoms. The van der Waals surface area contributed by atoms with Gasteiger partial charge in [-0.2, -0.15) is 13.2 Å². The Labute approximate surface area is 129 Å². The van der Waals surface area contributed by atoms with Gasteiger partial charge in [-0.15, -0.1) is 10.2 Å². The molecule has 1 amide bonds. The van der Waals surface area contributed by atoms with Crippen LogP contribution in [0.4, 0.5) is 18.3 Å². The summed E-state index contributed by atoms with van der Waals surface area (Å²) in [5.74, 6) is -0.683. The van der Waals surface area contributed by atoms with Crippen LogP contribution in [0, 0.1) is 0 Å². The van der Waals surface area contributed by atoms with E-state index >= 15 is 0 Å². The van der Waals surface area contributed by atoms with Crippen LogP contribution in [0.15, 0.2) is 4.34 Å². The second kappa shape index (κ2) is 6.82. The van der Waals surface area contributed by atoms with Crippen molar-refractivity contribution in [1.82, 2.24) is 15.5 Å². The lowest BCUT2D eigenvalue weighted by Crippen LogP contribution is -2.37. The minimum Gasteiger partial charge on any atom is -0.355 e. The van der Waals surface area contributed by atoms with E-state index in [2.05, 4.69) is 15.5 Å². The van der Waals surface area contributed by atoms with Gasteiger partial charge in [0.1, 0.15) is 6.54 Å². The fourth-order valence-corrected chi connectivity index (χ4v) is 3.29. The molecule has 1 atom stereocenters. The summed E-state index contributed by atoms with van der Waals surface area (Å²) in [6.45, 7) is 6.09. The number of nitrogens with one attached hydrogen (secondary N) is 2. The van der Waals surface area contributed by atoms with E-state index in [1.54, 1.807) is 0 Å². The first-order valence-corrected chi connectivity index (χ1v) is 7.79. The van der Waals surface area contributed by atoms with Crippen LogP contribution in [0.5, 0.6) is 0 Å². The normalized spacial score (nSPS) is 13.9. The van der Waals surface area contributed by atoms with E-state index in [1.165, 1.54) is 18.3 Å². The summed E-state index contributed by atoms with van der Waals surface area (Å²) in [6.07, 6.45) is -4.41. The summed E-state index contributed by atoms with van der Waals surface area (Å²) in [5, 5.41) is 12.7. The smallest absolute Gasteiger partial charge is 0.355 e. The monoisotopic (exact) mass is 342 g/mol. The van der Waals surface area contributed by atoms with Gasteiger partial charge in [-0.25, -0.2) is 0 Å². The second-order valence-corrected chi connectivity index (χ2v) is 7.91. The molecule has 0 saturated heterocycles. The summed E-state index contributed by atoms with van der Waals surface area (Å²) >= 11 is 2.33. The number of nitrogens with zero attached hydrogens (tertiary/aromatic N) is 2. The number of amides is 1. The van der Waals surface area contributed by atoms with Gasteiger partial charge >= 0.3 is 6.18 Å². The number of carbonyl (C=O) groups is 1. The SMILES string of the molecule is CC(Sc1nnc(NC(C)(C)C)s1)C(=O)NCC(F)(F)F. The Kier molecular flexibility index (Phi) is 5.85. The highest BCUT2D eigenvalue weighted by Gasteiger charge is 2.29. The number of halogens is 3. The lowest BCUT2D eigenvalue weighted by molar-refractivity contribution is -0.137. The topological polar surface area (TPSA) is 66.9 Å². The van der Waals surface area contributed by atoms with E-state index in [-0.39, 0.29) is 5.54 Å². The molecule has 0 saturated carbocycles. The summed E-state index contributed by atoms with van der Waals surface area (Å²) < 4.78 is 36.6. The molecular formula is C11H17F3N4OS2. The second-order valence-electron chi connectivity index (χ2n) is 5.34. The van der Waals surface area contributed by atoms with Gasteiger partial charge in [0.15, 0.2) is 4.34 Å². The molecule has 0 aliphatic heterocycles. The minimum atomic E-state index is -4.41. The standard InChI is InChI=1S/C11H17F3N4OS2/c1-6(7(19)15-5-11(12,13)14)20-9-18-17-8(21-9)16-10(2,3)4/h6H,5H2,1-4H3,(H,15,19)(H,16,17). The molecule has 0 aliphatic carbocycles. The van der Waals surface area contributed by atoms with Crippen molar-refractivity contribution < 1.29 is 18.0 Å². The molecule has 0 fully saturated rings. The maximum absolute atomic E-state index is 12.0. The molecule has 0 aliphatic rings. The number of anilines is 1. The summed E-state index contributed by atoms with van der Waals surface area (Å²) in [7, 11) is 0. The zero-order chi connectivity index (χ0) is 16.3. The number of thioether (sulfide) groups is 1. The number of aromatic nitrogens is 2. The van der Waals surface area contributed by atoms with Crippen LogP contribution in [0.2, 0.25) is 0 Å². The third kappa shape index (κ3) is 7.51. The minimum absolute atomic E-state index is 0.169. The van der Waals surface area contributed by atoms with Crippen molar-refractivity contribution in [3.8, 4) is 0 Å². The van der Waals surface area contributed by atoms with E-state index in [1.807, 2.05) is 26.1 Å². The number of hydrogen-bond donors (Lipinski definition) is 2. The Hall–Kier alpha value is -1.03. The summed E-state index contributed by atoms with van der Waals surface area (Å²) in [4.78, 5) is 11.5. The van der Waals surface area contributed by atoms with Crippen LogP contribution in [0.3, 0.4) is 0 Å². The average Bonchev–Trinajstić information content (AvgIpc) is 2.69. The molecule has 0 spiro atoms. The Morgan fingerprint density at radius 3 is 2.48 bits per heavy atom. The highest BCUT2D eigenvalue weighted by atomic mass is 32.2. The lowest BCUT2D eigenvalue weighted by Gasteiger charge is -2.18. The highest BCUT2D eigenvalue weighted by molar-refractivity contribution is 8.02. The molecule has 1 aromatic rings. The largest absolute Gasteiger partial charge is 0.405 e. The maximum atomic E-state index is 12.0. The molecule has 120 valence electrons. The van der Waals surface area contributed by atoms with Gasteiger partial charge in [0.2, 0.25) is 11.0 Å². The van der Waals surface area contributed by atoms with Gasteiger partial charge in [-0.1, -0.05) is 23.1 Å². The van der Waals surface area contributed by atoms with Gasteiger partial charge in [0.25, 0.3) is 0 Å². The van der Waals surface area contributed by atoms with Crippen LogP contribution in [0.25, 0.3) is 0 Å². The number of carbonyl (C=O) groups excluding carboxylic acids is 1. The van der Waals surface area contributed by atoms with Crippen LogP contribution in [-0.4, -0.2) is 39.6 Å². The van der Waals surface area contributed by atoms with Crippen LogP contribution in [-0.2, 0) is 4.79 Å². The predicted octanol–water partition coefficient (Wildman–Crippen LogP) is 2.91. The molecule has 0 aromatic carbocycles. The van der Waals surface area contributed by atoms with Crippen LogP contribution in [0.1, 0.15) is 27.7 Å². The van der Waals surface area contributed by atoms with Gasteiger partial charge in [-0.3, -0.25) is 4.79 Å². The molecule has 1 aromatic heterocycles. The van der Waals surface area contributed by atoms with Crippen molar-refractivity contribution >= 4 is 34.1 Å². The molecule has 5 nitrogen and oxygen atoms in total. The molecular weight excluding hydrogens is 325 g/mol. The summed E-state index contributed by atoms with van der Waals surface area (Å²) in [5.41, 5.74) is -0.169. The van der Waals surface area contributed by atoms with Crippen molar-refractivity contribution in [2.24, 2.45) is 0 Å². The van der Waals surface area contributed by atoms with Crippen molar-refractivity contribution in [3.05, 3.63) is 0 Å². The third-order valence-electron chi connectivity index (χ3n) is 2.00. The van der Waals surface area contributed by atoms with Crippen LogP contribution < -0.4 is 10.6 Å². The third-order valence-corrected chi connectivity index (χ3v) is 4.02. The van der Waals surface area contributed by atoms with Gasteiger partial charge in [-0.05, 0) is 27.7 Å². The first kappa shape index (κ1) is 18.0. The zero-order valence-electron chi connectivity index (χ0n) is 12.0. The van der Waals surface area contributed by atoms with Crippen molar-refractivity contribution in [3.63, 3.8) is 0 Å². The van der Waals surface area contributed by atoms with E-state index < -0.39 is 23.9 Å². The molecule has 0 radical (unpaired) electrons. The maximum Gasteiger partial charge on any atom is 0.405 e. The number of rotatable bonds is 5. The molecule has 1 rings (SSSR count). The highest BCUT2D eigenvalue weighted by Crippen LogP contribution is 2.30. The first-order chi connectivity index (χ1) is 9.46. The average molecular weight is 342 g/mol. The Balaban J connectivity index is 2.51. The van der Waals surface area contributed by atoms with E-state index in [9.17, 15) is 18.0 Å². The Morgan fingerprint density at radius 1 is 1.33 bits per heavy atom. The van der Waals surface area contributed by atoms with Crippen molar-refractivity contribution in [1.29, 1.82) is 0 Å². The van der Waals surface area contributed by atoms with E-state index in [4.69, 9.17) is 0 Å². The fraction of sp³-hybridized carbons (Fsp3) is 0.727. The number of alkyl halides is 3. The zero-order valence-corrected chi connectivity index (χ0v) is 13.7. The van der Waals surface area contributed by atoms with Gasteiger partial charge in [0.05, 0.1) is 5.25 Å². The lowest BCUT2D eigenvalue weighted by atomic mass is 10.1. The first-order valence-electron chi connectivity index (χ1n) is 6.09. The summed E-state index contributed by atoms with van der Waals surface area (Å²) in [6, 6.07) is 0. The quantitative estimate of drug-likeness (QED) is 0.806. The molecule has 21 heavy (non-hydrogen) atoms. The Morgan fingerprint density at radius 2 is 1.95 bits per heavy atom.